The van der Waals surface area contributed by atoms with Gasteiger partial charge in [0.25, 0.3) is 5.91 Å². The summed E-state index contributed by atoms with van der Waals surface area (Å²) in [5.74, 6) is 0.374. The SMILES string of the molecule is COc1cc(OC)cc(C(=O)N2CCC(C(=O)Nc3nc(-c4ccc(F)cc4)c(C)s3)CC2)c1. The third-order valence-electron chi connectivity index (χ3n) is 5.90. The van der Waals surface area contributed by atoms with Crippen LogP contribution in [0.4, 0.5) is 9.52 Å². The summed E-state index contributed by atoms with van der Waals surface area (Å²) >= 11 is 1.39. The number of rotatable bonds is 6. The molecular weight excluding hydrogens is 457 g/mol. The standard InChI is InChI=1S/C25H26FN3O4S/c1-15-22(16-4-6-19(26)7-5-16)27-25(34-15)28-23(30)17-8-10-29(11-9-17)24(31)18-12-20(32-2)14-21(13-18)33-3/h4-7,12-14,17H,8-11H2,1-3H3,(H,27,28,30). The predicted molar refractivity (Wildman–Crippen MR) is 129 cm³/mol. The number of nitrogens with zero attached hydrogens (tertiary/aromatic N) is 2. The Labute approximate surface area is 201 Å². The van der Waals surface area contributed by atoms with E-state index in [1.807, 2.05) is 6.92 Å². The summed E-state index contributed by atoms with van der Waals surface area (Å²) in [5, 5.41) is 3.44. The molecule has 4 rings (SSSR count). The maximum absolute atomic E-state index is 13.2. The number of carbonyl (C=O) groups excluding carboxylic acids is 2. The van der Waals surface area contributed by atoms with Crippen molar-refractivity contribution in [2.75, 3.05) is 32.6 Å². The lowest BCUT2D eigenvalue weighted by Crippen LogP contribution is -2.41. The first kappa shape index (κ1) is 23.7. The lowest BCUT2D eigenvalue weighted by atomic mass is 9.95. The molecule has 0 spiro atoms. The van der Waals surface area contributed by atoms with Gasteiger partial charge in [-0.05, 0) is 56.2 Å². The van der Waals surface area contributed by atoms with Crippen LogP contribution in [-0.2, 0) is 4.79 Å². The number of carbonyl (C=O) groups is 2. The smallest absolute Gasteiger partial charge is 0.254 e. The van der Waals surface area contributed by atoms with Crippen LogP contribution in [-0.4, -0.2) is 49.0 Å². The van der Waals surface area contributed by atoms with Gasteiger partial charge in [0, 0.05) is 41.1 Å². The van der Waals surface area contributed by atoms with Crippen LogP contribution in [0.2, 0.25) is 0 Å². The highest BCUT2D eigenvalue weighted by Gasteiger charge is 2.29. The van der Waals surface area contributed by atoms with E-state index in [1.165, 1.54) is 23.5 Å². The molecule has 0 radical (unpaired) electrons. The Morgan fingerprint density at radius 2 is 1.68 bits per heavy atom. The van der Waals surface area contributed by atoms with E-state index in [4.69, 9.17) is 9.47 Å². The Morgan fingerprint density at radius 1 is 1.06 bits per heavy atom. The molecule has 1 saturated heterocycles. The van der Waals surface area contributed by atoms with Gasteiger partial charge in [0.1, 0.15) is 17.3 Å². The molecule has 1 aromatic heterocycles. The van der Waals surface area contributed by atoms with Crippen molar-refractivity contribution in [3.8, 4) is 22.8 Å². The van der Waals surface area contributed by atoms with E-state index in [-0.39, 0.29) is 23.5 Å². The van der Waals surface area contributed by atoms with E-state index in [2.05, 4.69) is 10.3 Å². The summed E-state index contributed by atoms with van der Waals surface area (Å²) in [6.07, 6.45) is 1.13. The molecule has 1 aliphatic heterocycles. The summed E-state index contributed by atoms with van der Waals surface area (Å²) in [6, 6.07) is 11.2. The number of aromatic nitrogens is 1. The fourth-order valence-corrected chi connectivity index (χ4v) is 4.83. The Kier molecular flexibility index (Phi) is 7.12. The molecule has 0 saturated carbocycles. The van der Waals surface area contributed by atoms with Gasteiger partial charge in [-0.15, -0.1) is 11.3 Å². The highest BCUT2D eigenvalue weighted by Crippen LogP contribution is 2.31. The highest BCUT2D eigenvalue weighted by atomic mass is 32.1. The van der Waals surface area contributed by atoms with E-state index in [9.17, 15) is 14.0 Å². The summed E-state index contributed by atoms with van der Waals surface area (Å²) < 4.78 is 23.7. The van der Waals surface area contributed by atoms with Crippen LogP contribution in [0.15, 0.2) is 42.5 Å². The zero-order valence-electron chi connectivity index (χ0n) is 19.3. The lowest BCUT2D eigenvalue weighted by Gasteiger charge is -2.31. The second-order valence-electron chi connectivity index (χ2n) is 8.09. The summed E-state index contributed by atoms with van der Waals surface area (Å²) in [5.41, 5.74) is 2.02. The Balaban J connectivity index is 1.36. The highest BCUT2D eigenvalue weighted by molar-refractivity contribution is 7.16. The number of likely N-dealkylation sites (tertiary alicyclic amines) is 1. The average Bonchev–Trinajstić information content (AvgIpc) is 3.23. The Bertz CT molecular complexity index is 1170. The van der Waals surface area contributed by atoms with E-state index < -0.39 is 0 Å². The van der Waals surface area contributed by atoms with Crippen LogP contribution >= 0.6 is 11.3 Å². The van der Waals surface area contributed by atoms with Gasteiger partial charge < -0.3 is 19.7 Å². The number of hydrogen-bond acceptors (Lipinski definition) is 6. The van der Waals surface area contributed by atoms with Gasteiger partial charge in [0.2, 0.25) is 5.91 Å². The molecular formula is C25H26FN3O4S. The quantitative estimate of drug-likeness (QED) is 0.547. The number of hydrogen-bond donors (Lipinski definition) is 1. The first-order valence-electron chi connectivity index (χ1n) is 10.9. The van der Waals surface area contributed by atoms with Crippen LogP contribution in [0.5, 0.6) is 11.5 Å². The zero-order valence-corrected chi connectivity index (χ0v) is 20.1. The minimum absolute atomic E-state index is 0.102. The first-order valence-corrected chi connectivity index (χ1v) is 11.8. The molecule has 0 atom stereocenters. The van der Waals surface area contributed by atoms with Crippen LogP contribution in [0.25, 0.3) is 11.3 Å². The lowest BCUT2D eigenvalue weighted by molar-refractivity contribution is -0.121. The van der Waals surface area contributed by atoms with Gasteiger partial charge in [0.05, 0.1) is 19.9 Å². The van der Waals surface area contributed by atoms with E-state index >= 15 is 0 Å². The number of amides is 2. The molecule has 1 aliphatic rings. The van der Waals surface area contributed by atoms with Gasteiger partial charge in [-0.25, -0.2) is 9.37 Å². The van der Waals surface area contributed by atoms with Crippen molar-refractivity contribution in [2.24, 2.45) is 5.92 Å². The van der Waals surface area contributed by atoms with Crippen molar-refractivity contribution in [3.05, 3.63) is 58.7 Å². The van der Waals surface area contributed by atoms with Crippen LogP contribution < -0.4 is 14.8 Å². The molecule has 2 amide bonds. The summed E-state index contributed by atoms with van der Waals surface area (Å²) in [7, 11) is 3.08. The maximum Gasteiger partial charge on any atom is 0.254 e. The van der Waals surface area contributed by atoms with Crippen molar-refractivity contribution in [3.63, 3.8) is 0 Å². The second kappa shape index (κ2) is 10.2. The van der Waals surface area contributed by atoms with Crippen molar-refractivity contribution >= 4 is 28.3 Å². The van der Waals surface area contributed by atoms with Crippen molar-refractivity contribution in [1.29, 1.82) is 0 Å². The van der Waals surface area contributed by atoms with E-state index in [1.54, 1.807) is 49.5 Å². The average molecular weight is 484 g/mol. The Morgan fingerprint density at radius 3 is 2.26 bits per heavy atom. The number of thiazole rings is 1. The minimum Gasteiger partial charge on any atom is -0.497 e. The number of aryl methyl sites for hydroxylation is 1. The Hall–Kier alpha value is -3.46. The van der Waals surface area contributed by atoms with Crippen LogP contribution in [0.1, 0.15) is 28.1 Å². The number of methoxy groups -OCH3 is 2. The largest absolute Gasteiger partial charge is 0.497 e. The number of piperidine rings is 1. The normalized spacial score (nSPS) is 14.1. The van der Waals surface area contributed by atoms with Crippen LogP contribution in [0.3, 0.4) is 0 Å². The monoisotopic (exact) mass is 483 g/mol. The fraction of sp³-hybridized carbons (Fsp3) is 0.320. The number of anilines is 1. The topological polar surface area (TPSA) is 80.8 Å². The van der Waals surface area contributed by atoms with Crippen molar-refractivity contribution < 1.29 is 23.5 Å². The summed E-state index contributed by atoms with van der Waals surface area (Å²) in [4.78, 5) is 33.1. The molecule has 178 valence electrons. The first-order chi connectivity index (χ1) is 16.4. The van der Waals surface area contributed by atoms with Crippen molar-refractivity contribution in [1.82, 2.24) is 9.88 Å². The third kappa shape index (κ3) is 5.20. The second-order valence-corrected chi connectivity index (χ2v) is 9.29. The molecule has 34 heavy (non-hydrogen) atoms. The number of benzene rings is 2. The van der Waals surface area contributed by atoms with Gasteiger partial charge in [0.15, 0.2) is 5.13 Å². The molecule has 2 heterocycles. The number of nitrogens with one attached hydrogen (secondary N) is 1. The molecule has 0 unspecified atom stereocenters. The summed E-state index contributed by atoms with van der Waals surface area (Å²) in [6.45, 7) is 2.88. The molecule has 3 aromatic rings. The van der Waals surface area contributed by atoms with Gasteiger partial charge >= 0.3 is 0 Å². The molecule has 0 bridgehead atoms. The number of halogens is 1. The van der Waals surface area contributed by atoms with Gasteiger partial charge in [-0.1, -0.05) is 0 Å². The molecule has 9 heteroatoms. The van der Waals surface area contributed by atoms with Gasteiger partial charge in [-0.2, -0.15) is 0 Å². The molecule has 7 nitrogen and oxygen atoms in total. The molecule has 2 aromatic carbocycles. The molecule has 0 aliphatic carbocycles. The van der Waals surface area contributed by atoms with E-state index in [0.717, 1.165) is 16.1 Å². The molecule has 1 N–H and O–H groups in total. The van der Waals surface area contributed by atoms with E-state index in [0.29, 0.717) is 48.1 Å². The minimum atomic E-state index is -0.305. The maximum atomic E-state index is 13.2. The molecule has 1 fully saturated rings. The van der Waals surface area contributed by atoms with Crippen LogP contribution in [0, 0.1) is 18.7 Å². The van der Waals surface area contributed by atoms with Gasteiger partial charge in [-0.3, -0.25) is 9.59 Å². The zero-order chi connectivity index (χ0) is 24.2. The number of ether oxygens (including phenoxy) is 2. The predicted octanol–water partition coefficient (Wildman–Crippen LogP) is 4.77. The third-order valence-corrected chi connectivity index (χ3v) is 6.78. The fourth-order valence-electron chi connectivity index (χ4n) is 3.99. The van der Waals surface area contributed by atoms with Crippen molar-refractivity contribution in [2.45, 2.75) is 19.8 Å².